The van der Waals surface area contributed by atoms with E-state index in [0.717, 1.165) is 81.8 Å². The van der Waals surface area contributed by atoms with Crippen LogP contribution in [0.5, 0.6) is 5.75 Å². The van der Waals surface area contributed by atoms with Crippen LogP contribution in [0.4, 0.5) is 14.0 Å². The lowest BCUT2D eigenvalue weighted by Gasteiger charge is -2.58. The summed E-state index contributed by atoms with van der Waals surface area (Å²) in [5, 5.41) is 20.8. The molecule has 125 heavy (non-hydrogen) atoms. The number of aromatic hydroxyl groups is 1. The highest BCUT2D eigenvalue weighted by Crippen LogP contribution is 2.61. The number of aryl methyl sites for hydroxylation is 4. The second-order valence-corrected chi connectivity index (χ2v) is 47.0. The number of nitrogens with one attached hydrogen (secondary N) is 1. The van der Waals surface area contributed by atoms with Crippen LogP contribution in [-0.4, -0.2) is 164 Å². The summed E-state index contributed by atoms with van der Waals surface area (Å²) in [6.07, 6.45) is 39.1. The van der Waals surface area contributed by atoms with Gasteiger partial charge in [-0.1, -0.05) is 264 Å². The average Bonchev–Trinajstić information content (AvgIpc) is 0.735. The molecule has 0 spiro atoms. The number of halogens is 11. The van der Waals surface area contributed by atoms with Crippen molar-refractivity contribution in [1.82, 2.24) is 31.1 Å². The summed E-state index contributed by atoms with van der Waals surface area (Å²) in [5.41, 5.74) is 23.7. The number of likely N-dealkylation sites (tertiary alicyclic amines) is 4. The average molecular weight is 2120 g/mol. The number of phenols is 1. The fraction of sp³-hybridized carbons (Fsp3) is 0.680. The first-order valence-corrected chi connectivity index (χ1v) is 50.5. The van der Waals surface area contributed by atoms with Gasteiger partial charge in [0.05, 0.1) is 21.7 Å². The number of phenolic OH excluding ortho intramolecular Hbond substituents is 1. The Labute approximate surface area is 822 Å². The van der Waals surface area contributed by atoms with E-state index in [0.29, 0.717) is 65.4 Å². The molecule has 5 aromatic rings. The highest BCUT2D eigenvalue weighted by atomic mass is 79.9. The number of alkyl halides is 7. The van der Waals surface area contributed by atoms with Crippen LogP contribution >= 0.6 is 134 Å². The van der Waals surface area contributed by atoms with E-state index in [2.05, 4.69) is 183 Å². The van der Waals surface area contributed by atoms with Gasteiger partial charge in [0.2, 0.25) is 0 Å². The van der Waals surface area contributed by atoms with E-state index in [9.17, 15) is 19.1 Å². The molecule has 25 heteroatoms. The van der Waals surface area contributed by atoms with Crippen molar-refractivity contribution >= 4 is 149 Å². The van der Waals surface area contributed by atoms with E-state index in [-0.39, 0.29) is 70.3 Å². The molecule has 0 aromatic heterocycles. The zero-order chi connectivity index (χ0) is 88.4. The van der Waals surface area contributed by atoms with Gasteiger partial charge >= 0.3 is 15.4 Å². The first-order valence-electron chi connectivity index (χ1n) is 46.5. The highest BCUT2D eigenvalue weighted by molar-refractivity contribution is 9.69. The summed E-state index contributed by atoms with van der Waals surface area (Å²) < 4.78 is 31.1. The molecule has 5 heterocycles. The van der Waals surface area contributed by atoms with E-state index in [1.807, 2.05) is 29.7 Å². The fourth-order valence-electron chi connectivity index (χ4n) is 26.6. The van der Waals surface area contributed by atoms with Crippen LogP contribution in [0.15, 0.2) is 91.0 Å². The van der Waals surface area contributed by atoms with Crippen molar-refractivity contribution in [3.63, 3.8) is 0 Å². The number of carbonyl (C=O) groups excluding carboxylic acids is 2. The normalized spacial score (nSPS) is 29.8. The van der Waals surface area contributed by atoms with E-state index >= 15 is 0 Å². The molecule has 0 unspecified atom stereocenters. The maximum atomic E-state index is 12.4. The lowest BCUT2D eigenvalue weighted by Crippen LogP contribution is -2.62. The number of ether oxygens (including phenoxy) is 2. The van der Waals surface area contributed by atoms with Gasteiger partial charge in [0.25, 0.3) is 0 Å². The number of fused-ring (bicyclic) bond motifs is 5. The van der Waals surface area contributed by atoms with Crippen LogP contribution in [-0.2, 0) is 68.7 Å². The Hall–Kier alpha value is -2.15. The molecule has 10 bridgehead atoms. The molecule has 5 saturated carbocycles. The molecule has 5 saturated heterocycles. The SMILES string of the molecule is Br.BrB(Br)Br.C.C.CCOC(=O)N1CC[C@@]23CCCC[C@@H]2[C@@H]1Cc1ccc(C)cc13.CCOC(=O)N1CC[C@@]23CCCC[C@@H]2[C@@H]1Cc1ccc(O)cc13.CO.Cc1ccc2c(c1)[C@]13CCCC[C@@H]1[C@H](C2)N(C)CC3.Cc1ccc2c(c1)[C@]13CCCC[C@@H]1[C@H](C2)N(C)CC3.Cc1ccc2c(c1)[C@]13CCCC[C@@H]1[C@H](C2)NCC3.ClC(Cl)Cl.ClC(Cl)Cl.N.O.[2H]CC.[2H]CF. The van der Waals surface area contributed by atoms with Crippen LogP contribution in [0.3, 0.4) is 0 Å². The van der Waals surface area contributed by atoms with Crippen molar-refractivity contribution in [2.24, 2.45) is 29.6 Å². The van der Waals surface area contributed by atoms with Crippen LogP contribution < -0.4 is 11.5 Å². The molecule has 0 radical (unpaired) electrons. The lowest BCUT2D eigenvalue weighted by molar-refractivity contribution is -0.0113. The summed E-state index contributed by atoms with van der Waals surface area (Å²) in [6.45, 7) is 21.4. The predicted octanol–water partition coefficient (Wildman–Crippen LogP) is 27.1. The van der Waals surface area contributed by atoms with Gasteiger partial charge in [-0.15, -0.1) is 64.3 Å². The molecule has 10 fully saturated rings. The van der Waals surface area contributed by atoms with Crippen LogP contribution in [0.2, 0.25) is 0 Å². The Balaban J connectivity index is 0.000000265. The molecular formula is C100H154BBr4Cl6FN6O7. The highest BCUT2D eigenvalue weighted by Gasteiger charge is 2.59. The monoisotopic (exact) mass is 2110 g/mol. The third kappa shape index (κ3) is 25.1. The van der Waals surface area contributed by atoms with E-state index < -0.39 is 15.7 Å². The molecule has 10 aliphatic carbocycles. The zero-order valence-corrected chi connectivity index (χ0v) is 86.0. The topological polar surface area (TPSA) is 185 Å². The van der Waals surface area contributed by atoms with Crippen molar-refractivity contribution in [3.8, 4) is 5.75 Å². The minimum absolute atomic E-state index is 0. The summed E-state index contributed by atoms with van der Waals surface area (Å²) >= 11 is 38.1. The zero-order valence-electron chi connectivity index (χ0n) is 77.0. The smallest absolute Gasteiger partial charge is 0.410 e. The predicted molar refractivity (Wildman–Crippen MR) is 546 cm³/mol. The summed E-state index contributed by atoms with van der Waals surface area (Å²) in [5.74, 6) is 4.25. The molecule has 15 aliphatic rings. The van der Waals surface area contributed by atoms with Gasteiger partial charge in [0.15, 0.2) is 8.59 Å². The molecule has 706 valence electrons. The van der Waals surface area contributed by atoms with Gasteiger partial charge in [-0.05, 0) is 301 Å². The van der Waals surface area contributed by atoms with Crippen LogP contribution in [0, 0.1) is 57.3 Å². The maximum absolute atomic E-state index is 12.4. The quantitative estimate of drug-likeness (QED) is 0.0980. The van der Waals surface area contributed by atoms with Crippen molar-refractivity contribution in [3.05, 3.63) is 169 Å². The first kappa shape index (κ1) is 110. The number of aliphatic hydroxyl groups excluding tert-OH is 1. The van der Waals surface area contributed by atoms with E-state index in [1.54, 1.807) is 51.9 Å². The van der Waals surface area contributed by atoms with Crippen molar-refractivity contribution in [2.75, 3.05) is 74.3 Å². The van der Waals surface area contributed by atoms with Gasteiger partial charge in [-0.25, -0.2) is 9.59 Å². The van der Waals surface area contributed by atoms with Gasteiger partial charge in [0.1, 0.15) is 5.75 Å². The Morgan fingerprint density at radius 2 is 0.736 bits per heavy atom. The number of piperidine rings is 5. The first-order chi connectivity index (χ1) is 58.5. The second-order valence-electron chi connectivity index (χ2n) is 36.6. The number of aliphatic hydroxyl groups is 1. The number of rotatable bonds is 2. The third-order valence-electron chi connectivity index (χ3n) is 31.2. The molecule has 20 rings (SSSR count). The number of carbonyl (C=O) groups is 2. The van der Waals surface area contributed by atoms with Crippen molar-refractivity contribution in [1.29, 1.82) is 0 Å². The number of hydrogen-bond acceptors (Lipinski definition) is 10. The Morgan fingerprint density at radius 1 is 0.480 bits per heavy atom. The lowest BCUT2D eigenvalue weighted by atomic mass is 9.52. The molecule has 5 aliphatic heterocycles. The number of likely N-dealkylation sites (N-methyl/N-ethyl adjacent to an activating group) is 2. The molecular weight excluding hydrogens is 1960 g/mol. The molecule has 15 atom stereocenters. The van der Waals surface area contributed by atoms with Crippen LogP contribution in [0.1, 0.15) is 284 Å². The number of nitrogens with zero attached hydrogens (tertiary/aromatic N) is 4. The standard InChI is InChI=1S/C20H27NO2.C19H25NO3.2C18H25N.C17H23N.C2H6.2CHCl3.CH3F.CH4O.2CH4.BBr3.BrH.H3N.H2O/c1-3-23-19(22)21-11-10-20-9-5-4-6-16(20)18(21)13-15-8-7-14(2)12-17(15)20;1-2-23-18(22)20-10-9-19-8-4-3-5-15(19)17(20)11-13-6-7-14(21)12-16(13)19;2*1-13-6-7-14-12-17-15-5-3-4-8-18(15,16(14)11-13)9-10-19(17)2;1-12-5-6-13-11-16-14-4-2-3-7-17(14,8-9-18-16)15(13)10-12;1-2;2*2-1(3)4;2*1-2;;;2-1(3)4;;;/h7-8,12,16,18H,3-6,9-11,13H2,1-2H3;6-7,12,15,17,21H,2-5,8-11H2,1H3;2*6-7,11,15,17H,3-5,8-10,12H2,1-2H3;5-6,10,14,16,18H,2-4,7-9,11H2,1H3;1-2H3;2*1H;1H3;2H,1H3;2*1H4;;1H;1H3;1H2/t16-,18+,20+;15-,17+,19+;2*15-,17+,18+;14-,16+,17+;;;;;;;;;;;/m11111.........../s1/i;;;;;1D;;;1D;;;;;;;. The minimum Gasteiger partial charge on any atom is -0.508 e. The summed E-state index contributed by atoms with van der Waals surface area (Å²) in [4.78, 5) is 34.2. The molecule has 13 nitrogen and oxygen atoms in total. The number of amides is 2. The molecule has 5 aromatic carbocycles. The number of hydrogen-bond donors (Lipinski definition) is 4. The molecule has 2 amide bonds. The van der Waals surface area contributed by atoms with Crippen molar-refractivity contribution in [2.45, 2.75) is 329 Å². The van der Waals surface area contributed by atoms with E-state index in [4.69, 9.17) is 86.9 Å². The molecule has 8 N–H and O–H groups in total. The van der Waals surface area contributed by atoms with Gasteiger partial charge in [-0.2, -0.15) is 0 Å². The Bertz CT molecular complexity index is 3980. The Morgan fingerprint density at radius 3 is 1.05 bits per heavy atom. The second kappa shape index (κ2) is 52.1. The maximum Gasteiger partial charge on any atom is 0.410 e. The number of benzene rings is 5. The van der Waals surface area contributed by atoms with Gasteiger partial charge in [0, 0.05) is 78.9 Å². The Kier molecular flexibility index (Phi) is 45.8. The van der Waals surface area contributed by atoms with Gasteiger partial charge < -0.3 is 56.2 Å². The fourth-order valence-corrected chi connectivity index (χ4v) is 26.6. The van der Waals surface area contributed by atoms with Crippen LogP contribution in [0.25, 0.3) is 0 Å². The van der Waals surface area contributed by atoms with Gasteiger partial charge in [-0.3, -0.25) is 4.39 Å². The summed E-state index contributed by atoms with van der Waals surface area (Å²) in [6, 6.07) is 37.5. The largest absolute Gasteiger partial charge is 0.508 e. The van der Waals surface area contributed by atoms with E-state index in [1.165, 1.54) is 226 Å². The van der Waals surface area contributed by atoms with Crippen molar-refractivity contribution < 1.29 is 41.9 Å². The summed E-state index contributed by atoms with van der Waals surface area (Å²) in [7, 11) is 4.70. The third-order valence-corrected chi connectivity index (χ3v) is 31.2. The minimum atomic E-state index is -1.00.